The maximum absolute atomic E-state index is 13.4. The van der Waals surface area contributed by atoms with Crippen molar-refractivity contribution in [2.24, 2.45) is 12.8 Å². The predicted octanol–water partition coefficient (Wildman–Crippen LogP) is 1.43. The fraction of sp³-hybridized carbons (Fsp3) is 0.0800. The molecule has 1 aliphatic heterocycles. The zero-order chi connectivity index (χ0) is 26.4. The van der Waals surface area contributed by atoms with Gasteiger partial charge in [-0.15, -0.1) is 0 Å². The van der Waals surface area contributed by atoms with E-state index in [-0.39, 0.29) is 39.4 Å². The monoisotopic (exact) mass is 497 g/mol. The van der Waals surface area contributed by atoms with Crippen molar-refractivity contribution in [3.8, 4) is 5.69 Å². The second-order valence-corrected chi connectivity index (χ2v) is 8.23. The molecule has 0 bridgehead atoms. The number of carbonyl (C=O) groups is 4. The van der Waals surface area contributed by atoms with Crippen molar-refractivity contribution < 1.29 is 19.2 Å². The topological polar surface area (TPSA) is 162 Å². The molecule has 0 fully saturated rings. The van der Waals surface area contributed by atoms with Crippen LogP contribution < -0.4 is 21.6 Å². The number of amides is 4. The van der Waals surface area contributed by atoms with Gasteiger partial charge < -0.3 is 11.1 Å². The number of imide groups is 1. The number of hydrogen-bond donors (Lipinski definition) is 2. The number of fused-ring (bicyclic) bond motifs is 1. The van der Waals surface area contributed by atoms with Crippen molar-refractivity contribution in [1.29, 1.82) is 0 Å². The molecule has 184 valence electrons. The lowest BCUT2D eigenvalue weighted by atomic mass is 10.1. The molecule has 0 radical (unpaired) electrons. The van der Waals surface area contributed by atoms with Crippen LogP contribution in [0.3, 0.4) is 0 Å². The molecule has 2 aromatic carbocycles. The van der Waals surface area contributed by atoms with Crippen LogP contribution in [0.15, 0.2) is 65.6 Å². The van der Waals surface area contributed by atoms with Crippen LogP contribution in [0.4, 0.5) is 11.4 Å². The number of aryl methyl sites for hydroxylation is 2. The largest absolute Gasteiger partial charge is 0.366 e. The summed E-state index contributed by atoms with van der Waals surface area (Å²) in [6.45, 7) is 1.68. The van der Waals surface area contributed by atoms with Gasteiger partial charge in [0.1, 0.15) is 11.5 Å². The van der Waals surface area contributed by atoms with Crippen molar-refractivity contribution >= 4 is 35.0 Å². The maximum atomic E-state index is 13.4. The highest BCUT2D eigenvalue weighted by atomic mass is 16.2. The Morgan fingerprint density at radius 2 is 1.65 bits per heavy atom. The van der Waals surface area contributed by atoms with Crippen LogP contribution >= 0.6 is 0 Å². The lowest BCUT2D eigenvalue weighted by Crippen LogP contribution is -2.30. The van der Waals surface area contributed by atoms with Gasteiger partial charge >= 0.3 is 5.69 Å². The first kappa shape index (κ1) is 23.4. The molecule has 0 saturated heterocycles. The molecule has 37 heavy (non-hydrogen) atoms. The van der Waals surface area contributed by atoms with Crippen LogP contribution in [0.1, 0.15) is 47.4 Å². The number of pyridine rings is 1. The van der Waals surface area contributed by atoms with E-state index in [4.69, 9.17) is 5.73 Å². The summed E-state index contributed by atoms with van der Waals surface area (Å²) in [7, 11) is 1.54. The average Bonchev–Trinajstić information content (AvgIpc) is 3.29. The number of rotatable bonds is 5. The standard InChI is InChI=1S/C25H19N7O5/c1-13-29-30(2)25(37)31(13)16-6-8-17(9-7-16)32-23(35)18-10-11-27-20(19(18)24(32)36)22(34)28-15-5-3-4-14(12-15)21(26)33/h3-12H,1-2H3,(H2,26,33)(H,28,34). The SMILES string of the molecule is Cc1nn(C)c(=O)n1-c1ccc(N2C(=O)c3ccnc(C(=O)Nc4cccc(C(N)=O)c4)c3C2=O)cc1. The quantitative estimate of drug-likeness (QED) is 0.394. The van der Waals surface area contributed by atoms with Gasteiger partial charge in [0.2, 0.25) is 5.91 Å². The van der Waals surface area contributed by atoms with Crippen molar-refractivity contribution in [2.45, 2.75) is 6.92 Å². The second kappa shape index (κ2) is 8.68. The van der Waals surface area contributed by atoms with E-state index in [9.17, 15) is 24.0 Å². The first-order valence-corrected chi connectivity index (χ1v) is 11.0. The van der Waals surface area contributed by atoms with Crippen molar-refractivity contribution in [3.05, 3.63) is 99.5 Å². The zero-order valence-electron chi connectivity index (χ0n) is 19.6. The van der Waals surface area contributed by atoms with E-state index >= 15 is 0 Å². The number of hydrogen-bond acceptors (Lipinski definition) is 7. The van der Waals surface area contributed by atoms with Crippen molar-refractivity contribution in [1.82, 2.24) is 19.3 Å². The van der Waals surface area contributed by atoms with Gasteiger partial charge in [-0.2, -0.15) is 5.10 Å². The molecule has 1 aliphatic rings. The molecule has 0 aliphatic carbocycles. The Bertz CT molecular complexity index is 1680. The van der Waals surface area contributed by atoms with Crippen LogP contribution in [0.2, 0.25) is 0 Å². The van der Waals surface area contributed by atoms with Crippen molar-refractivity contribution in [2.75, 3.05) is 10.2 Å². The fourth-order valence-electron chi connectivity index (χ4n) is 4.16. The minimum Gasteiger partial charge on any atom is -0.366 e. The summed E-state index contributed by atoms with van der Waals surface area (Å²) >= 11 is 0. The third-order valence-corrected chi connectivity index (χ3v) is 5.87. The van der Waals surface area contributed by atoms with Crippen LogP contribution in [-0.2, 0) is 7.05 Å². The third kappa shape index (κ3) is 3.86. The van der Waals surface area contributed by atoms with Gasteiger partial charge in [0, 0.05) is 24.5 Å². The zero-order valence-corrected chi connectivity index (χ0v) is 19.6. The number of anilines is 2. The van der Waals surface area contributed by atoms with Gasteiger partial charge in [-0.25, -0.2) is 18.9 Å². The van der Waals surface area contributed by atoms with E-state index in [0.29, 0.717) is 11.5 Å². The molecule has 0 atom stereocenters. The summed E-state index contributed by atoms with van der Waals surface area (Å²) in [5, 5.41) is 6.67. The van der Waals surface area contributed by atoms with Crippen LogP contribution in [0.25, 0.3) is 5.69 Å². The lowest BCUT2D eigenvalue weighted by Gasteiger charge is -2.14. The summed E-state index contributed by atoms with van der Waals surface area (Å²) in [6.07, 6.45) is 1.27. The first-order valence-electron chi connectivity index (χ1n) is 11.0. The normalized spacial score (nSPS) is 12.5. The number of aromatic nitrogens is 4. The Hall–Kier alpha value is -5.39. The smallest absolute Gasteiger partial charge is 0.350 e. The van der Waals surface area contributed by atoms with Crippen LogP contribution in [-0.4, -0.2) is 43.0 Å². The molecular weight excluding hydrogens is 478 g/mol. The third-order valence-electron chi connectivity index (χ3n) is 5.87. The van der Waals surface area contributed by atoms with Crippen LogP contribution in [0.5, 0.6) is 0 Å². The highest BCUT2D eigenvalue weighted by Crippen LogP contribution is 2.30. The summed E-state index contributed by atoms with van der Waals surface area (Å²) in [4.78, 5) is 68.3. The Labute approximate surface area is 209 Å². The van der Waals surface area contributed by atoms with E-state index < -0.39 is 23.6 Å². The summed E-state index contributed by atoms with van der Waals surface area (Å²) in [6, 6.07) is 13.6. The van der Waals surface area contributed by atoms with E-state index in [1.807, 2.05) is 0 Å². The molecule has 12 nitrogen and oxygen atoms in total. The lowest BCUT2D eigenvalue weighted by molar-refractivity contribution is 0.0918. The van der Waals surface area contributed by atoms with Gasteiger partial charge in [0.25, 0.3) is 17.7 Å². The number of primary amides is 1. The molecule has 4 amide bonds. The van der Waals surface area contributed by atoms with Gasteiger partial charge in [-0.1, -0.05) is 6.07 Å². The Kier molecular flexibility index (Phi) is 5.48. The minimum absolute atomic E-state index is 0.0273. The molecule has 2 aromatic heterocycles. The van der Waals surface area contributed by atoms with Gasteiger partial charge in [-0.05, 0) is 55.5 Å². The fourth-order valence-corrected chi connectivity index (χ4v) is 4.16. The average molecular weight is 497 g/mol. The number of carbonyl (C=O) groups excluding carboxylic acids is 4. The number of nitrogens with zero attached hydrogens (tertiary/aromatic N) is 5. The Morgan fingerprint density at radius 3 is 2.30 bits per heavy atom. The van der Waals surface area contributed by atoms with Crippen molar-refractivity contribution in [3.63, 3.8) is 0 Å². The highest BCUT2D eigenvalue weighted by Gasteiger charge is 2.40. The van der Waals surface area contributed by atoms with Gasteiger partial charge in [0.15, 0.2) is 0 Å². The molecule has 4 aromatic rings. The molecule has 0 unspecified atom stereocenters. The van der Waals surface area contributed by atoms with E-state index in [2.05, 4.69) is 15.4 Å². The molecule has 3 heterocycles. The first-order chi connectivity index (χ1) is 17.7. The predicted molar refractivity (Wildman–Crippen MR) is 132 cm³/mol. The second-order valence-electron chi connectivity index (χ2n) is 8.23. The molecule has 5 rings (SSSR count). The Balaban J connectivity index is 1.46. The number of benzene rings is 2. The molecule has 0 saturated carbocycles. The van der Waals surface area contributed by atoms with Crippen LogP contribution in [0, 0.1) is 6.92 Å². The number of nitrogens with one attached hydrogen (secondary N) is 1. The van der Waals surface area contributed by atoms with E-state index in [1.54, 1.807) is 31.2 Å². The van der Waals surface area contributed by atoms with Gasteiger partial charge in [0.05, 0.1) is 22.5 Å². The summed E-state index contributed by atoms with van der Waals surface area (Å²) < 4.78 is 2.60. The van der Waals surface area contributed by atoms with E-state index in [1.165, 1.54) is 52.8 Å². The van der Waals surface area contributed by atoms with E-state index in [0.717, 1.165) is 4.90 Å². The number of nitrogens with two attached hydrogens (primary N) is 1. The summed E-state index contributed by atoms with van der Waals surface area (Å²) in [5.74, 6) is -2.26. The molecule has 3 N–H and O–H groups in total. The minimum atomic E-state index is -0.733. The highest BCUT2D eigenvalue weighted by molar-refractivity contribution is 6.36. The summed E-state index contributed by atoms with van der Waals surface area (Å²) in [5.41, 5.74) is 5.82. The Morgan fingerprint density at radius 1 is 0.946 bits per heavy atom. The molecule has 12 heteroatoms. The molecule has 0 spiro atoms. The van der Waals surface area contributed by atoms with Gasteiger partial charge in [-0.3, -0.25) is 24.2 Å². The maximum Gasteiger partial charge on any atom is 0.350 e. The molecular formula is C25H19N7O5.